The van der Waals surface area contributed by atoms with Crippen molar-refractivity contribution in [2.75, 3.05) is 17.1 Å². The number of carbonyl (C=O) groups excluding carboxylic acids is 1. The standard InChI is InChI=1S/C23H22ClN3O3S2/c1-17-14-19(24)10-13-22(17)27(32(29,30)21-6-4-3-5-7-21)16-23(28)26-25-15-18-8-11-20(31-2)12-9-18/h3-15H,16H2,1-2H3,(H,26,28)/b25-15-. The molecule has 3 aromatic rings. The first kappa shape index (κ1) is 23.8. The number of nitrogens with one attached hydrogen (secondary N) is 1. The second-order valence-corrected chi connectivity index (χ2v) is 10.0. The van der Waals surface area contributed by atoms with Gasteiger partial charge in [0.25, 0.3) is 15.9 Å². The average Bonchev–Trinajstić information content (AvgIpc) is 2.79. The van der Waals surface area contributed by atoms with E-state index in [-0.39, 0.29) is 4.90 Å². The molecule has 0 saturated heterocycles. The molecule has 166 valence electrons. The molecule has 0 aliphatic heterocycles. The van der Waals surface area contributed by atoms with Gasteiger partial charge >= 0.3 is 0 Å². The first-order valence-electron chi connectivity index (χ1n) is 9.61. The van der Waals surface area contributed by atoms with Crippen LogP contribution in [0.25, 0.3) is 0 Å². The molecule has 9 heteroatoms. The van der Waals surface area contributed by atoms with Crippen molar-refractivity contribution < 1.29 is 13.2 Å². The number of nitrogens with zero attached hydrogens (tertiary/aromatic N) is 2. The quantitative estimate of drug-likeness (QED) is 0.283. The molecule has 3 aromatic carbocycles. The lowest BCUT2D eigenvalue weighted by Gasteiger charge is -2.25. The van der Waals surface area contributed by atoms with Crippen LogP contribution < -0.4 is 9.73 Å². The number of thioether (sulfide) groups is 1. The summed E-state index contributed by atoms with van der Waals surface area (Å²) in [7, 11) is -3.99. The Kier molecular flexibility index (Phi) is 7.95. The Bertz CT molecular complexity index is 1210. The Morgan fingerprint density at radius 3 is 2.41 bits per heavy atom. The summed E-state index contributed by atoms with van der Waals surface area (Å²) in [5.74, 6) is -0.573. The Morgan fingerprint density at radius 1 is 1.09 bits per heavy atom. The zero-order valence-corrected chi connectivity index (χ0v) is 19.9. The molecular formula is C23H22ClN3O3S2. The maximum Gasteiger partial charge on any atom is 0.264 e. The van der Waals surface area contributed by atoms with E-state index in [4.69, 9.17) is 11.6 Å². The number of aryl methyl sites for hydroxylation is 1. The minimum absolute atomic E-state index is 0.0829. The van der Waals surface area contributed by atoms with Crippen LogP contribution in [0.2, 0.25) is 5.02 Å². The number of halogens is 1. The molecule has 0 unspecified atom stereocenters. The van der Waals surface area contributed by atoms with Gasteiger partial charge < -0.3 is 0 Å². The maximum atomic E-state index is 13.3. The number of anilines is 1. The predicted octanol–water partition coefficient (Wildman–Crippen LogP) is 4.72. The summed E-state index contributed by atoms with van der Waals surface area (Å²) in [5, 5.41) is 4.44. The average molecular weight is 488 g/mol. The van der Waals surface area contributed by atoms with Crippen LogP contribution in [-0.2, 0) is 14.8 Å². The highest BCUT2D eigenvalue weighted by Crippen LogP contribution is 2.28. The first-order chi connectivity index (χ1) is 15.3. The summed E-state index contributed by atoms with van der Waals surface area (Å²) in [6, 6.07) is 20.4. The van der Waals surface area contributed by atoms with E-state index >= 15 is 0 Å². The number of sulfonamides is 1. The molecule has 0 heterocycles. The van der Waals surface area contributed by atoms with Crippen molar-refractivity contribution in [1.82, 2.24) is 5.43 Å². The van der Waals surface area contributed by atoms with Crippen molar-refractivity contribution in [3.05, 3.63) is 88.9 Å². The van der Waals surface area contributed by atoms with Crippen molar-refractivity contribution in [1.29, 1.82) is 0 Å². The maximum absolute atomic E-state index is 13.3. The highest BCUT2D eigenvalue weighted by Gasteiger charge is 2.28. The number of hydrogen-bond donors (Lipinski definition) is 1. The Balaban J connectivity index is 1.83. The van der Waals surface area contributed by atoms with Crippen molar-refractivity contribution in [2.45, 2.75) is 16.7 Å². The van der Waals surface area contributed by atoms with Crippen LogP contribution in [-0.4, -0.2) is 33.3 Å². The van der Waals surface area contributed by atoms with Gasteiger partial charge in [-0.1, -0.05) is 41.9 Å². The third kappa shape index (κ3) is 5.91. The number of amides is 1. The molecule has 0 aliphatic carbocycles. The molecule has 32 heavy (non-hydrogen) atoms. The van der Waals surface area contributed by atoms with E-state index in [2.05, 4.69) is 10.5 Å². The molecule has 1 amide bonds. The fourth-order valence-corrected chi connectivity index (χ4v) is 5.09. The highest BCUT2D eigenvalue weighted by atomic mass is 35.5. The molecular weight excluding hydrogens is 466 g/mol. The van der Waals surface area contributed by atoms with E-state index in [0.717, 1.165) is 14.8 Å². The number of hydrazone groups is 1. The third-order valence-corrected chi connectivity index (χ3v) is 7.32. The zero-order chi connectivity index (χ0) is 23.1. The summed E-state index contributed by atoms with van der Waals surface area (Å²) in [5.41, 5.74) is 4.21. The SMILES string of the molecule is CSc1ccc(/C=N\NC(=O)CN(c2ccc(Cl)cc2C)S(=O)(=O)c2ccccc2)cc1. The second-order valence-electron chi connectivity index (χ2n) is 6.82. The fourth-order valence-electron chi connectivity index (χ4n) is 2.95. The van der Waals surface area contributed by atoms with E-state index in [1.54, 1.807) is 55.1 Å². The summed E-state index contributed by atoms with van der Waals surface area (Å²) >= 11 is 7.67. The van der Waals surface area contributed by atoms with E-state index in [1.807, 2.05) is 30.5 Å². The van der Waals surface area contributed by atoms with Crippen LogP contribution in [0.5, 0.6) is 0 Å². The first-order valence-corrected chi connectivity index (χ1v) is 12.7. The van der Waals surface area contributed by atoms with Gasteiger partial charge in [-0.25, -0.2) is 13.8 Å². The van der Waals surface area contributed by atoms with Gasteiger partial charge in [-0.2, -0.15) is 5.10 Å². The Hall–Kier alpha value is -2.81. The lowest BCUT2D eigenvalue weighted by molar-refractivity contribution is -0.119. The second kappa shape index (κ2) is 10.7. The van der Waals surface area contributed by atoms with Gasteiger partial charge in [-0.3, -0.25) is 9.10 Å². The molecule has 0 radical (unpaired) electrons. The lowest BCUT2D eigenvalue weighted by atomic mass is 10.2. The van der Waals surface area contributed by atoms with Gasteiger partial charge in [0.1, 0.15) is 6.54 Å². The van der Waals surface area contributed by atoms with E-state index in [1.165, 1.54) is 18.3 Å². The zero-order valence-electron chi connectivity index (χ0n) is 17.5. The number of rotatable bonds is 8. The largest absolute Gasteiger partial charge is 0.271 e. The number of carbonyl (C=O) groups is 1. The van der Waals surface area contributed by atoms with Crippen molar-refractivity contribution in [3.8, 4) is 0 Å². The van der Waals surface area contributed by atoms with Gasteiger partial charge in [0.15, 0.2) is 0 Å². The minimum Gasteiger partial charge on any atom is -0.271 e. The van der Waals surface area contributed by atoms with Crippen LogP contribution in [0, 0.1) is 6.92 Å². The smallest absolute Gasteiger partial charge is 0.264 e. The fraction of sp³-hybridized carbons (Fsp3) is 0.130. The molecule has 0 aromatic heterocycles. The van der Waals surface area contributed by atoms with Gasteiger partial charge in [-0.05, 0) is 66.8 Å². The van der Waals surface area contributed by atoms with Gasteiger partial charge in [0, 0.05) is 9.92 Å². The van der Waals surface area contributed by atoms with E-state index in [0.29, 0.717) is 16.3 Å². The molecule has 0 atom stereocenters. The van der Waals surface area contributed by atoms with Crippen LogP contribution in [0.15, 0.2) is 87.7 Å². The molecule has 0 bridgehead atoms. The molecule has 0 spiro atoms. The molecule has 3 rings (SSSR count). The summed E-state index contributed by atoms with van der Waals surface area (Å²) < 4.78 is 27.7. The third-order valence-electron chi connectivity index (χ3n) is 4.56. The molecule has 6 nitrogen and oxygen atoms in total. The number of hydrogen-bond acceptors (Lipinski definition) is 5. The van der Waals surface area contributed by atoms with Crippen molar-refractivity contribution in [2.24, 2.45) is 5.10 Å². The minimum atomic E-state index is -3.99. The summed E-state index contributed by atoms with van der Waals surface area (Å²) in [6.45, 7) is 1.30. The topological polar surface area (TPSA) is 78.8 Å². The van der Waals surface area contributed by atoms with Gasteiger partial charge in [0.05, 0.1) is 16.8 Å². The number of benzene rings is 3. The van der Waals surface area contributed by atoms with Crippen LogP contribution in [0.4, 0.5) is 5.69 Å². The van der Waals surface area contributed by atoms with Crippen molar-refractivity contribution >= 4 is 51.2 Å². The molecule has 0 aliphatic rings. The van der Waals surface area contributed by atoms with Crippen LogP contribution in [0.3, 0.4) is 0 Å². The molecule has 1 N–H and O–H groups in total. The van der Waals surface area contributed by atoms with Crippen LogP contribution in [0.1, 0.15) is 11.1 Å². The summed E-state index contributed by atoms with van der Waals surface area (Å²) in [6.07, 6.45) is 3.49. The normalized spacial score (nSPS) is 11.5. The van der Waals surface area contributed by atoms with E-state index in [9.17, 15) is 13.2 Å². The van der Waals surface area contributed by atoms with Gasteiger partial charge in [0.2, 0.25) is 0 Å². The highest BCUT2D eigenvalue weighted by molar-refractivity contribution is 7.98. The monoisotopic (exact) mass is 487 g/mol. The van der Waals surface area contributed by atoms with Crippen molar-refractivity contribution in [3.63, 3.8) is 0 Å². The molecule has 0 saturated carbocycles. The van der Waals surface area contributed by atoms with E-state index < -0.39 is 22.5 Å². The lowest BCUT2D eigenvalue weighted by Crippen LogP contribution is -2.40. The molecule has 0 fully saturated rings. The Labute approximate surface area is 197 Å². The van der Waals surface area contributed by atoms with Crippen LogP contribution >= 0.6 is 23.4 Å². The van der Waals surface area contributed by atoms with Gasteiger partial charge in [-0.15, -0.1) is 11.8 Å². The Morgan fingerprint density at radius 2 is 1.78 bits per heavy atom. The predicted molar refractivity (Wildman–Crippen MR) is 131 cm³/mol. The summed E-state index contributed by atoms with van der Waals surface area (Å²) in [4.78, 5) is 13.8.